The van der Waals surface area contributed by atoms with Gasteiger partial charge in [-0.25, -0.2) is 4.90 Å². The fourth-order valence-corrected chi connectivity index (χ4v) is 4.82. The molecule has 2 heterocycles. The van der Waals surface area contributed by atoms with Crippen LogP contribution in [0.25, 0.3) is 0 Å². The molecule has 27 heavy (non-hydrogen) atoms. The number of fused-ring (bicyclic) bond motifs is 1. The lowest BCUT2D eigenvalue weighted by molar-refractivity contribution is -0.913. The molecule has 2 aliphatic heterocycles. The molecule has 0 radical (unpaired) electrons. The maximum atomic E-state index is 12.6. The Morgan fingerprint density at radius 3 is 2.15 bits per heavy atom. The van der Waals surface area contributed by atoms with Crippen LogP contribution in [0.5, 0.6) is 0 Å². The van der Waals surface area contributed by atoms with Crippen LogP contribution in [0.4, 0.5) is 5.69 Å². The van der Waals surface area contributed by atoms with Crippen molar-refractivity contribution in [2.75, 3.05) is 25.1 Å². The number of anilines is 1. The monoisotopic (exact) mass is 370 g/mol. The number of piperidine rings is 1. The Labute approximate surface area is 159 Å². The third-order valence-corrected chi connectivity index (χ3v) is 6.42. The highest BCUT2D eigenvalue weighted by Gasteiger charge is 2.49. The number of nitrogens with zero attached hydrogens (tertiary/aromatic N) is 1. The second-order valence-corrected chi connectivity index (χ2v) is 8.14. The van der Waals surface area contributed by atoms with Gasteiger partial charge in [-0.3, -0.25) is 14.4 Å². The van der Waals surface area contributed by atoms with Gasteiger partial charge in [0, 0.05) is 24.4 Å². The van der Waals surface area contributed by atoms with E-state index in [0.717, 1.165) is 57.3 Å². The number of quaternary nitrogens is 1. The molecule has 3 fully saturated rings. The first-order valence-corrected chi connectivity index (χ1v) is 10.2. The number of amides is 3. The van der Waals surface area contributed by atoms with Crippen LogP contribution in [0.15, 0.2) is 30.3 Å². The van der Waals surface area contributed by atoms with Crippen LogP contribution in [0, 0.1) is 17.8 Å². The van der Waals surface area contributed by atoms with E-state index in [1.165, 1.54) is 9.80 Å². The van der Waals surface area contributed by atoms with Gasteiger partial charge in [-0.1, -0.05) is 31.0 Å². The molecule has 0 bridgehead atoms. The van der Waals surface area contributed by atoms with E-state index in [1.54, 1.807) is 0 Å². The number of benzene rings is 1. The molecular weight excluding hydrogens is 342 g/mol. The second-order valence-electron chi connectivity index (χ2n) is 8.14. The summed E-state index contributed by atoms with van der Waals surface area (Å²) in [6.07, 6.45) is 5.42. The minimum Gasteiger partial charge on any atom is -0.326 e. The first kappa shape index (κ1) is 18.2. The summed E-state index contributed by atoms with van der Waals surface area (Å²) in [5.74, 6) is 0.0167. The number of carbonyl (C=O) groups is 3. The van der Waals surface area contributed by atoms with Crippen LogP contribution < -0.4 is 10.2 Å². The van der Waals surface area contributed by atoms with Gasteiger partial charge in [0.2, 0.25) is 17.7 Å². The molecular formula is C21H28N3O3+. The van der Waals surface area contributed by atoms with Crippen LogP contribution in [0.3, 0.4) is 0 Å². The number of nitrogens with one attached hydrogen (secondary N) is 2. The van der Waals surface area contributed by atoms with E-state index in [0.29, 0.717) is 6.67 Å². The lowest BCUT2D eigenvalue weighted by Gasteiger charge is -2.30. The highest BCUT2D eigenvalue weighted by molar-refractivity contribution is 6.05. The number of rotatable bonds is 4. The molecule has 144 valence electrons. The number of hydrogen-bond donors (Lipinski definition) is 2. The molecule has 2 atom stereocenters. The zero-order valence-electron chi connectivity index (χ0n) is 15.7. The normalized spacial score (nSPS) is 30.9. The van der Waals surface area contributed by atoms with Gasteiger partial charge in [0.25, 0.3) is 0 Å². The number of hydrogen-bond acceptors (Lipinski definition) is 3. The lowest BCUT2D eigenvalue weighted by Crippen LogP contribution is -3.14. The van der Waals surface area contributed by atoms with Gasteiger partial charge < -0.3 is 10.2 Å². The minimum atomic E-state index is -0.0696. The molecule has 3 amide bonds. The molecule has 3 aliphatic rings. The molecule has 1 aromatic carbocycles. The predicted octanol–water partition coefficient (Wildman–Crippen LogP) is 1.05. The molecule has 0 unspecified atom stereocenters. The van der Waals surface area contributed by atoms with E-state index < -0.39 is 0 Å². The van der Waals surface area contributed by atoms with Crippen molar-refractivity contribution >= 4 is 23.4 Å². The summed E-state index contributed by atoms with van der Waals surface area (Å²) in [5.41, 5.74) is 0.827. The zero-order valence-corrected chi connectivity index (χ0v) is 15.7. The Morgan fingerprint density at radius 2 is 1.56 bits per heavy atom. The minimum absolute atomic E-state index is 0.00141. The van der Waals surface area contributed by atoms with Crippen LogP contribution >= 0.6 is 0 Å². The Kier molecular flexibility index (Phi) is 5.25. The fraction of sp³-hybridized carbons (Fsp3) is 0.571. The van der Waals surface area contributed by atoms with Crippen molar-refractivity contribution in [2.24, 2.45) is 17.8 Å². The summed E-state index contributed by atoms with van der Waals surface area (Å²) in [6.45, 7) is 2.11. The van der Waals surface area contributed by atoms with Gasteiger partial charge in [-0.2, -0.15) is 0 Å². The standard InChI is InChI=1S/C21H27N3O3/c25-19(22-16-6-2-1-3-7-16)15-10-12-23(13-11-15)14-24-20(26)17-8-4-5-9-18(17)21(24)27/h1-3,6-7,15,17-18H,4-5,8-14H2,(H,22,25)/p+1/t17-,18-/m1/s1. The van der Waals surface area contributed by atoms with E-state index in [4.69, 9.17) is 0 Å². The van der Waals surface area contributed by atoms with Gasteiger partial charge in [-0.15, -0.1) is 0 Å². The first-order valence-electron chi connectivity index (χ1n) is 10.2. The summed E-state index contributed by atoms with van der Waals surface area (Å²) in [6, 6.07) is 9.52. The van der Waals surface area contributed by atoms with Crippen LogP contribution in [-0.4, -0.2) is 42.4 Å². The average Bonchev–Trinajstić information content (AvgIpc) is 2.94. The summed E-state index contributed by atoms with van der Waals surface area (Å²) < 4.78 is 0. The second kappa shape index (κ2) is 7.80. The van der Waals surface area contributed by atoms with Crippen molar-refractivity contribution in [1.29, 1.82) is 0 Å². The molecule has 0 spiro atoms. The van der Waals surface area contributed by atoms with E-state index in [9.17, 15) is 14.4 Å². The smallest absolute Gasteiger partial charge is 0.237 e. The summed E-state index contributed by atoms with van der Waals surface area (Å²) in [7, 11) is 0. The van der Waals surface area contributed by atoms with E-state index in [2.05, 4.69) is 5.32 Å². The van der Waals surface area contributed by atoms with Crippen LogP contribution in [0.2, 0.25) is 0 Å². The van der Waals surface area contributed by atoms with E-state index in [1.807, 2.05) is 30.3 Å². The molecule has 1 aromatic rings. The number of imide groups is 1. The SMILES string of the molecule is O=C(Nc1ccccc1)C1CC[NH+](CN2C(=O)[C@@H]3CCCC[C@H]3C2=O)CC1. The molecule has 0 aromatic heterocycles. The Balaban J connectivity index is 1.29. The molecule has 4 rings (SSSR count). The molecule has 1 aliphatic carbocycles. The number of carbonyl (C=O) groups excluding carboxylic acids is 3. The van der Waals surface area contributed by atoms with Crippen molar-refractivity contribution in [3.05, 3.63) is 30.3 Å². The van der Waals surface area contributed by atoms with Gasteiger partial charge >= 0.3 is 0 Å². The first-order chi connectivity index (χ1) is 13.1. The van der Waals surface area contributed by atoms with Crippen LogP contribution in [0.1, 0.15) is 38.5 Å². The van der Waals surface area contributed by atoms with Crippen molar-refractivity contribution in [3.63, 3.8) is 0 Å². The highest BCUT2D eigenvalue weighted by Crippen LogP contribution is 2.37. The number of likely N-dealkylation sites (tertiary alicyclic amines) is 2. The number of para-hydroxylation sites is 1. The summed E-state index contributed by atoms with van der Waals surface area (Å²) in [4.78, 5) is 40.5. The van der Waals surface area contributed by atoms with Crippen molar-refractivity contribution < 1.29 is 19.3 Å². The average molecular weight is 370 g/mol. The van der Waals surface area contributed by atoms with Gasteiger partial charge in [-0.05, 0) is 25.0 Å². The van der Waals surface area contributed by atoms with Crippen LogP contribution in [-0.2, 0) is 14.4 Å². The third-order valence-electron chi connectivity index (χ3n) is 6.42. The maximum absolute atomic E-state index is 12.6. The fourth-order valence-electron chi connectivity index (χ4n) is 4.82. The van der Waals surface area contributed by atoms with Gasteiger partial charge in [0.05, 0.1) is 24.9 Å². The Bertz CT molecular complexity index is 689. The highest BCUT2D eigenvalue weighted by atomic mass is 16.2. The third kappa shape index (κ3) is 3.76. The molecule has 6 nitrogen and oxygen atoms in total. The molecule has 6 heteroatoms. The molecule has 2 N–H and O–H groups in total. The molecule has 2 saturated heterocycles. The maximum Gasteiger partial charge on any atom is 0.237 e. The van der Waals surface area contributed by atoms with Gasteiger partial charge in [0.1, 0.15) is 0 Å². The van der Waals surface area contributed by atoms with Crippen molar-refractivity contribution in [1.82, 2.24) is 4.90 Å². The topological polar surface area (TPSA) is 70.9 Å². The quantitative estimate of drug-likeness (QED) is 0.779. The molecule has 1 saturated carbocycles. The lowest BCUT2D eigenvalue weighted by atomic mass is 9.81. The predicted molar refractivity (Wildman–Crippen MR) is 101 cm³/mol. The summed E-state index contributed by atoms with van der Waals surface area (Å²) >= 11 is 0. The van der Waals surface area contributed by atoms with E-state index >= 15 is 0 Å². The summed E-state index contributed by atoms with van der Waals surface area (Å²) in [5, 5.41) is 2.98. The zero-order chi connectivity index (χ0) is 18.8. The van der Waals surface area contributed by atoms with Crippen molar-refractivity contribution in [3.8, 4) is 0 Å². The Morgan fingerprint density at radius 1 is 0.963 bits per heavy atom. The largest absolute Gasteiger partial charge is 0.326 e. The van der Waals surface area contributed by atoms with Gasteiger partial charge in [0.15, 0.2) is 6.67 Å². The van der Waals surface area contributed by atoms with E-state index in [-0.39, 0.29) is 35.5 Å². The van der Waals surface area contributed by atoms with Crippen molar-refractivity contribution in [2.45, 2.75) is 38.5 Å². The Hall–Kier alpha value is -2.21.